The lowest BCUT2D eigenvalue weighted by atomic mass is 10.1. The van der Waals surface area contributed by atoms with E-state index in [0.717, 1.165) is 0 Å². The van der Waals surface area contributed by atoms with Gasteiger partial charge in [0.15, 0.2) is 5.69 Å². The predicted molar refractivity (Wildman–Crippen MR) is 113 cm³/mol. The van der Waals surface area contributed by atoms with Crippen molar-refractivity contribution in [3.63, 3.8) is 0 Å². The second-order valence-corrected chi connectivity index (χ2v) is 6.92. The molecule has 1 atom stereocenters. The average molecular weight is 405 g/mol. The first-order chi connectivity index (χ1) is 14.1. The van der Waals surface area contributed by atoms with Crippen molar-refractivity contribution in [2.45, 2.75) is 13.0 Å². The maximum atomic E-state index is 13.0. The van der Waals surface area contributed by atoms with E-state index >= 15 is 0 Å². The van der Waals surface area contributed by atoms with Gasteiger partial charge in [-0.3, -0.25) is 4.79 Å². The van der Waals surface area contributed by atoms with Gasteiger partial charge in [-0.25, -0.2) is 4.79 Å². The van der Waals surface area contributed by atoms with Gasteiger partial charge in [-0.05, 0) is 31.2 Å². The molecule has 3 aromatic carbocycles. The summed E-state index contributed by atoms with van der Waals surface area (Å²) in [6.07, 6.45) is -0.575. The third-order valence-corrected chi connectivity index (χ3v) is 4.97. The molecule has 0 aliphatic carbocycles. The topological polar surface area (TPSA) is 61.2 Å². The monoisotopic (exact) mass is 404 g/mol. The number of benzene rings is 3. The Morgan fingerprint density at radius 1 is 0.931 bits per heavy atom. The molecule has 1 heterocycles. The van der Waals surface area contributed by atoms with Gasteiger partial charge in [-0.2, -0.15) is 9.78 Å². The molecule has 0 fully saturated rings. The Bertz CT molecular complexity index is 1250. The smallest absolute Gasteiger partial charge is 0.360 e. The van der Waals surface area contributed by atoms with Crippen LogP contribution in [0.15, 0.2) is 83.7 Å². The van der Waals surface area contributed by atoms with Gasteiger partial charge in [-0.15, -0.1) is 0 Å². The summed E-state index contributed by atoms with van der Waals surface area (Å²) in [5.41, 5.74) is 1.03. The van der Waals surface area contributed by atoms with Crippen LogP contribution in [0.25, 0.3) is 16.5 Å². The fourth-order valence-corrected chi connectivity index (χ4v) is 3.46. The van der Waals surface area contributed by atoms with Crippen molar-refractivity contribution in [1.82, 2.24) is 9.78 Å². The SMILES string of the molecule is CC(OC(=O)c1nn(-c2ccccc2)c(=O)c2ccccc12)c1ccccc1Cl. The van der Waals surface area contributed by atoms with Crippen LogP contribution in [-0.2, 0) is 4.74 Å². The van der Waals surface area contributed by atoms with E-state index in [2.05, 4.69) is 5.10 Å². The number of nitrogens with zero attached hydrogens (tertiary/aromatic N) is 2. The Balaban J connectivity index is 1.81. The van der Waals surface area contributed by atoms with Crippen LogP contribution in [0, 0.1) is 0 Å². The van der Waals surface area contributed by atoms with Crippen molar-refractivity contribution in [1.29, 1.82) is 0 Å². The van der Waals surface area contributed by atoms with Crippen LogP contribution in [0.3, 0.4) is 0 Å². The van der Waals surface area contributed by atoms with E-state index in [1.165, 1.54) is 4.68 Å². The number of rotatable bonds is 4. The number of aromatic nitrogens is 2. The van der Waals surface area contributed by atoms with Crippen LogP contribution in [0.1, 0.15) is 29.1 Å². The minimum Gasteiger partial charge on any atom is -0.453 e. The number of carbonyl (C=O) groups is 1. The molecule has 5 nitrogen and oxygen atoms in total. The minimum absolute atomic E-state index is 0.0722. The maximum absolute atomic E-state index is 13.0. The van der Waals surface area contributed by atoms with Crippen molar-refractivity contribution in [3.05, 3.63) is 105 Å². The van der Waals surface area contributed by atoms with E-state index in [4.69, 9.17) is 16.3 Å². The first kappa shape index (κ1) is 18.9. The third-order valence-electron chi connectivity index (χ3n) is 4.63. The molecular formula is C23H17ClN2O3. The first-order valence-electron chi connectivity index (χ1n) is 9.09. The summed E-state index contributed by atoms with van der Waals surface area (Å²) in [5.74, 6) is -0.627. The Labute approximate surface area is 172 Å². The molecule has 6 heteroatoms. The molecule has 0 radical (unpaired) electrons. The van der Waals surface area contributed by atoms with Crippen LogP contribution >= 0.6 is 11.6 Å². The van der Waals surface area contributed by atoms with E-state index < -0.39 is 12.1 Å². The molecule has 29 heavy (non-hydrogen) atoms. The number of ether oxygens (including phenoxy) is 1. The van der Waals surface area contributed by atoms with Gasteiger partial charge in [0.05, 0.1) is 11.1 Å². The van der Waals surface area contributed by atoms with Gasteiger partial charge in [0, 0.05) is 16.0 Å². The summed E-state index contributed by atoms with van der Waals surface area (Å²) >= 11 is 6.22. The van der Waals surface area contributed by atoms with E-state index in [1.807, 2.05) is 18.2 Å². The molecule has 4 aromatic rings. The standard InChI is InChI=1S/C23H17ClN2O3/c1-15(17-11-7-8-14-20(17)24)29-23(28)21-18-12-5-6-13-19(18)22(27)26(25-21)16-9-3-2-4-10-16/h2-15H,1H3. The van der Waals surface area contributed by atoms with Crippen molar-refractivity contribution in [2.24, 2.45) is 0 Å². The highest BCUT2D eigenvalue weighted by Crippen LogP contribution is 2.26. The number of fused-ring (bicyclic) bond motifs is 1. The number of hydrogen-bond acceptors (Lipinski definition) is 4. The fourth-order valence-electron chi connectivity index (χ4n) is 3.17. The van der Waals surface area contributed by atoms with Crippen molar-refractivity contribution < 1.29 is 9.53 Å². The molecule has 4 rings (SSSR count). The van der Waals surface area contributed by atoms with E-state index in [0.29, 0.717) is 27.0 Å². The lowest BCUT2D eigenvalue weighted by Crippen LogP contribution is -2.25. The number of hydrogen-bond donors (Lipinski definition) is 0. The fraction of sp³-hybridized carbons (Fsp3) is 0.0870. The minimum atomic E-state index is -0.627. The Hall–Kier alpha value is -3.44. The molecule has 144 valence electrons. The first-order valence-corrected chi connectivity index (χ1v) is 9.47. The zero-order chi connectivity index (χ0) is 20.4. The largest absolute Gasteiger partial charge is 0.453 e. The quantitative estimate of drug-likeness (QED) is 0.451. The Morgan fingerprint density at radius 3 is 2.28 bits per heavy atom. The van der Waals surface area contributed by atoms with E-state index in [9.17, 15) is 9.59 Å². The summed E-state index contributed by atoms with van der Waals surface area (Å²) in [5, 5.41) is 5.69. The lowest BCUT2D eigenvalue weighted by Gasteiger charge is -2.16. The molecule has 0 saturated heterocycles. The highest BCUT2D eigenvalue weighted by atomic mass is 35.5. The molecule has 0 saturated carbocycles. The molecule has 0 aliphatic heterocycles. The van der Waals surface area contributed by atoms with Gasteiger partial charge in [0.2, 0.25) is 0 Å². The van der Waals surface area contributed by atoms with Gasteiger partial charge >= 0.3 is 5.97 Å². The second-order valence-electron chi connectivity index (χ2n) is 6.52. The van der Waals surface area contributed by atoms with E-state index in [1.54, 1.807) is 67.6 Å². The number of halogens is 1. The zero-order valence-electron chi connectivity index (χ0n) is 15.6. The Kier molecular flexibility index (Phi) is 5.14. The predicted octanol–water partition coefficient (Wildman–Crippen LogP) is 4.96. The second kappa shape index (κ2) is 7.89. The molecule has 0 bridgehead atoms. The summed E-state index contributed by atoms with van der Waals surface area (Å²) in [6.45, 7) is 1.74. The zero-order valence-corrected chi connectivity index (χ0v) is 16.3. The number of esters is 1. The molecular weight excluding hydrogens is 388 g/mol. The van der Waals surface area contributed by atoms with Crippen molar-refractivity contribution in [3.8, 4) is 5.69 Å². The Morgan fingerprint density at radius 2 is 1.55 bits per heavy atom. The van der Waals surface area contributed by atoms with E-state index in [-0.39, 0.29) is 11.3 Å². The molecule has 0 amide bonds. The normalized spacial score (nSPS) is 11.9. The summed E-state index contributed by atoms with van der Waals surface area (Å²) in [4.78, 5) is 25.9. The van der Waals surface area contributed by atoms with Gasteiger partial charge in [0.25, 0.3) is 5.56 Å². The molecule has 1 unspecified atom stereocenters. The molecule has 0 spiro atoms. The summed E-state index contributed by atoms with van der Waals surface area (Å²) < 4.78 is 6.86. The molecule has 1 aromatic heterocycles. The van der Waals surface area contributed by atoms with Crippen LogP contribution < -0.4 is 5.56 Å². The van der Waals surface area contributed by atoms with Crippen LogP contribution in [0.5, 0.6) is 0 Å². The summed E-state index contributed by atoms with van der Waals surface area (Å²) in [6, 6.07) is 23.0. The summed E-state index contributed by atoms with van der Waals surface area (Å²) in [7, 11) is 0. The number of para-hydroxylation sites is 1. The molecule has 0 aliphatic rings. The molecule has 0 N–H and O–H groups in total. The lowest BCUT2D eigenvalue weighted by molar-refractivity contribution is 0.0331. The highest BCUT2D eigenvalue weighted by molar-refractivity contribution is 6.31. The van der Waals surface area contributed by atoms with Crippen LogP contribution in [0.2, 0.25) is 5.02 Å². The van der Waals surface area contributed by atoms with Crippen LogP contribution in [-0.4, -0.2) is 15.7 Å². The van der Waals surface area contributed by atoms with Crippen LogP contribution in [0.4, 0.5) is 0 Å². The van der Waals surface area contributed by atoms with Crippen molar-refractivity contribution in [2.75, 3.05) is 0 Å². The third kappa shape index (κ3) is 3.65. The highest BCUT2D eigenvalue weighted by Gasteiger charge is 2.22. The van der Waals surface area contributed by atoms with Gasteiger partial charge < -0.3 is 4.74 Å². The van der Waals surface area contributed by atoms with Gasteiger partial charge in [-0.1, -0.05) is 66.2 Å². The van der Waals surface area contributed by atoms with Crippen molar-refractivity contribution >= 4 is 28.3 Å². The average Bonchev–Trinajstić information content (AvgIpc) is 2.75. The number of carbonyl (C=O) groups excluding carboxylic acids is 1. The maximum Gasteiger partial charge on any atom is 0.360 e. The van der Waals surface area contributed by atoms with Gasteiger partial charge in [0.1, 0.15) is 6.10 Å².